The molecule has 2 unspecified atom stereocenters. The fourth-order valence-electron chi connectivity index (χ4n) is 8.81. The Balaban J connectivity index is 1.27. The zero-order valence-electron chi connectivity index (χ0n) is 36.0. The van der Waals surface area contributed by atoms with Crippen LogP contribution in [0.2, 0.25) is 0 Å². The number of fused-ring (bicyclic) bond motifs is 6. The third kappa shape index (κ3) is 8.08. The number of hydrogen-bond acceptors (Lipinski definition) is 8. The Hall–Kier alpha value is -7.67. The average Bonchev–Trinajstić information content (AvgIpc) is 4.20. The van der Waals surface area contributed by atoms with Crippen LogP contribution in [0.25, 0.3) is 16.7 Å². The van der Waals surface area contributed by atoms with Crippen LogP contribution in [-0.4, -0.2) is 68.4 Å². The SMILES string of the molecule is CNOCc1ccc(C2=C3C=CC(=N3)C(c3ccc(C(=O)NC)cc3)C3C=C/C(=C(\c4ccc(C(=O)NC)cc4)C4=N/C(=C(/c5ccc(C(=O)NC)cc5)c5ccc2[nH]5)CC4)N3)cc1. The lowest BCUT2D eigenvalue weighted by atomic mass is 9.87. The number of H-pyrrole nitrogens is 1. The van der Waals surface area contributed by atoms with Gasteiger partial charge in [0.15, 0.2) is 0 Å². The van der Waals surface area contributed by atoms with Gasteiger partial charge in [0.2, 0.25) is 0 Å². The van der Waals surface area contributed by atoms with E-state index in [9.17, 15) is 14.4 Å². The molecule has 0 saturated carbocycles. The van der Waals surface area contributed by atoms with Gasteiger partial charge in [0.1, 0.15) is 0 Å². The van der Waals surface area contributed by atoms with Gasteiger partial charge in [-0.15, -0.1) is 0 Å². The number of amides is 3. The molecule has 12 nitrogen and oxygen atoms in total. The molecule has 2 atom stereocenters. The van der Waals surface area contributed by atoms with Gasteiger partial charge in [-0.1, -0.05) is 66.7 Å². The van der Waals surface area contributed by atoms with Crippen LogP contribution in [0.3, 0.4) is 0 Å². The molecular formula is C52H48N8O4. The molecule has 5 aromatic rings. The molecule has 5 heterocycles. The van der Waals surface area contributed by atoms with E-state index in [4.69, 9.17) is 14.8 Å². The molecule has 4 aromatic carbocycles. The van der Waals surface area contributed by atoms with Crippen LogP contribution in [0.4, 0.5) is 0 Å². The van der Waals surface area contributed by atoms with Crippen LogP contribution in [0, 0.1) is 0 Å². The fourth-order valence-corrected chi connectivity index (χ4v) is 8.81. The van der Waals surface area contributed by atoms with Crippen molar-refractivity contribution < 1.29 is 19.2 Å². The number of hydrogen-bond donors (Lipinski definition) is 6. The lowest BCUT2D eigenvalue weighted by Gasteiger charge is -2.25. The van der Waals surface area contributed by atoms with Crippen LogP contribution in [0.1, 0.15) is 89.0 Å². The van der Waals surface area contributed by atoms with Crippen molar-refractivity contribution in [2.24, 2.45) is 9.98 Å². The van der Waals surface area contributed by atoms with E-state index in [0.717, 1.165) is 84.4 Å². The van der Waals surface area contributed by atoms with Crippen molar-refractivity contribution >= 4 is 45.9 Å². The number of allylic oxidation sites excluding steroid dienone is 5. The molecule has 64 heavy (non-hydrogen) atoms. The molecule has 320 valence electrons. The maximum absolute atomic E-state index is 12.6. The molecule has 3 amide bonds. The van der Waals surface area contributed by atoms with Gasteiger partial charge in [0.05, 0.1) is 41.4 Å². The van der Waals surface area contributed by atoms with Crippen LogP contribution in [0.15, 0.2) is 161 Å². The van der Waals surface area contributed by atoms with Crippen molar-refractivity contribution in [3.63, 3.8) is 0 Å². The fraction of sp³-hybridized carbons (Fsp3) is 0.173. The second-order valence-corrected chi connectivity index (χ2v) is 15.8. The molecule has 9 rings (SSSR count). The Labute approximate surface area is 371 Å². The molecular weight excluding hydrogens is 801 g/mol. The maximum Gasteiger partial charge on any atom is 0.251 e. The number of nitrogens with zero attached hydrogens (tertiary/aromatic N) is 2. The van der Waals surface area contributed by atoms with Crippen molar-refractivity contribution in [3.8, 4) is 0 Å². The normalized spacial score (nSPS) is 19.9. The number of aromatic nitrogens is 1. The van der Waals surface area contributed by atoms with E-state index in [0.29, 0.717) is 36.1 Å². The summed E-state index contributed by atoms with van der Waals surface area (Å²) in [5.74, 6) is -0.729. The van der Waals surface area contributed by atoms with E-state index in [1.54, 1.807) is 28.2 Å². The number of carbonyl (C=O) groups excluding carboxylic acids is 3. The largest absolute Gasteiger partial charge is 0.377 e. The van der Waals surface area contributed by atoms with Gasteiger partial charge in [-0.25, -0.2) is 5.48 Å². The maximum atomic E-state index is 12.6. The van der Waals surface area contributed by atoms with Crippen LogP contribution in [-0.2, 0) is 11.4 Å². The third-order valence-electron chi connectivity index (χ3n) is 12.0. The minimum atomic E-state index is -0.252. The summed E-state index contributed by atoms with van der Waals surface area (Å²) < 4.78 is 0. The predicted molar refractivity (Wildman–Crippen MR) is 252 cm³/mol. The van der Waals surface area contributed by atoms with E-state index in [1.165, 1.54) is 0 Å². The molecule has 0 saturated heterocycles. The highest BCUT2D eigenvalue weighted by atomic mass is 16.6. The van der Waals surface area contributed by atoms with Gasteiger partial charge in [-0.3, -0.25) is 29.2 Å². The molecule has 4 aliphatic heterocycles. The quantitative estimate of drug-likeness (QED) is 0.0813. The van der Waals surface area contributed by atoms with Crippen molar-refractivity contribution in [1.29, 1.82) is 0 Å². The lowest BCUT2D eigenvalue weighted by molar-refractivity contribution is 0.0444. The first-order valence-corrected chi connectivity index (χ1v) is 21.3. The van der Waals surface area contributed by atoms with Gasteiger partial charge >= 0.3 is 0 Å². The molecule has 8 bridgehead atoms. The molecule has 0 fully saturated rings. The van der Waals surface area contributed by atoms with Gasteiger partial charge in [-0.05, 0) is 107 Å². The summed E-state index contributed by atoms with van der Waals surface area (Å²) in [6, 6.07) is 35.3. The summed E-state index contributed by atoms with van der Waals surface area (Å²) in [7, 11) is 6.62. The Morgan fingerprint density at radius 1 is 0.609 bits per heavy atom. The first kappa shape index (κ1) is 41.7. The lowest BCUT2D eigenvalue weighted by Crippen LogP contribution is -2.33. The summed E-state index contributed by atoms with van der Waals surface area (Å²) >= 11 is 0. The zero-order chi connectivity index (χ0) is 44.3. The Kier molecular flexibility index (Phi) is 11.7. The highest BCUT2D eigenvalue weighted by Gasteiger charge is 2.33. The second kappa shape index (κ2) is 18.0. The predicted octanol–water partition coefficient (Wildman–Crippen LogP) is 7.25. The standard InChI is InChI=1S/C52H48N8O4/c1-53-50(61)35-15-9-32(10-16-35)47-40-23-21-38(57-40)46(31-7-5-30(6-8-31)29-64-56-4)39-22-24-41(58-39)48(33-11-17-36(18-12-33)51(62)54-2)43-26-28-45(60-43)49(44-27-25-42(47)59-44)34-13-19-37(20-14-34)52(63)55-3/h5-25,27,42,47,56,58-59H,26,28-29H2,1-4H3,(H,53,61)(H,54,62)(H,55,63)/b46-38?,48-43-,49-44-. The summed E-state index contributed by atoms with van der Waals surface area (Å²) in [5.41, 5.74) is 18.2. The summed E-state index contributed by atoms with van der Waals surface area (Å²) in [5, 5.41) is 12.1. The number of rotatable bonds is 10. The summed E-state index contributed by atoms with van der Waals surface area (Å²) in [6.07, 6.45) is 9.79. The number of hydroxylamine groups is 1. The Morgan fingerprint density at radius 3 is 1.75 bits per heavy atom. The molecule has 0 radical (unpaired) electrons. The highest BCUT2D eigenvalue weighted by Crippen LogP contribution is 2.41. The zero-order valence-corrected chi connectivity index (χ0v) is 36.0. The minimum Gasteiger partial charge on any atom is -0.377 e. The summed E-state index contributed by atoms with van der Waals surface area (Å²) in [4.78, 5) is 58.1. The van der Waals surface area contributed by atoms with E-state index in [2.05, 4.69) is 92.4 Å². The van der Waals surface area contributed by atoms with Crippen molar-refractivity contribution in [2.45, 2.75) is 31.4 Å². The monoisotopic (exact) mass is 848 g/mol. The molecule has 12 heteroatoms. The van der Waals surface area contributed by atoms with E-state index >= 15 is 0 Å². The van der Waals surface area contributed by atoms with Crippen LogP contribution in [0.5, 0.6) is 0 Å². The molecule has 0 spiro atoms. The number of benzene rings is 4. The van der Waals surface area contributed by atoms with Gasteiger partial charge in [-0.2, -0.15) is 0 Å². The molecule has 4 aliphatic rings. The van der Waals surface area contributed by atoms with Crippen LogP contribution >= 0.6 is 0 Å². The first-order chi connectivity index (χ1) is 31.3. The molecule has 0 aliphatic carbocycles. The second-order valence-electron chi connectivity index (χ2n) is 15.8. The first-order valence-electron chi connectivity index (χ1n) is 21.3. The van der Waals surface area contributed by atoms with Gasteiger partial charge in [0, 0.05) is 78.7 Å². The van der Waals surface area contributed by atoms with E-state index in [1.807, 2.05) is 72.8 Å². The van der Waals surface area contributed by atoms with E-state index in [-0.39, 0.29) is 29.7 Å². The van der Waals surface area contributed by atoms with Gasteiger partial charge < -0.3 is 26.3 Å². The minimum absolute atomic E-state index is 0.155. The topological polar surface area (TPSA) is 161 Å². The smallest absolute Gasteiger partial charge is 0.251 e. The number of nitrogens with one attached hydrogen (secondary N) is 6. The number of aromatic amines is 1. The van der Waals surface area contributed by atoms with Crippen molar-refractivity contribution in [1.82, 2.24) is 31.7 Å². The Morgan fingerprint density at radius 2 is 1.16 bits per heavy atom. The highest BCUT2D eigenvalue weighted by molar-refractivity contribution is 6.26. The van der Waals surface area contributed by atoms with E-state index < -0.39 is 0 Å². The van der Waals surface area contributed by atoms with Crippen molar-refractivity contribution in [3.05, 3.63) is 206 Å². The average molecular weight is 849 g/mol. The van der Waals surface area contributed by atoms with Crippen molar-refractivity contribution in [2.75, 3.05) is 28.2 Å². The van der Waals surface area contributed by atoms with Gasteiger partial charge in [0.25, 0.3) is 17.7 Å². The molecule has 1 aromatic heterocycles. The van der Waals surface area contributed by atoms with Crippen LogP contribution < -0.4 is 26.7 Å². The number of aliphatic imine (C=N–C) groups is 2. The summed E-state index contributed by atoms with van der Waals surface area (Å²) in [6.45, 7) is 0.414. The number of carbonyl (C=O) groups is 3. The Bertz CT molecular complexity index is 2880. The molecule has 6 N–H and O–H groups in total. The third-order valence-corrected chi connectivity index (χ3v) is 12.0.